The maximum absolute atomic E-state index is 12.7. The van der Waals surface area contributed by atoms with Gasteiger partial charge in [0.15, 0.2) is 11.5 Å². The van der Waals surface area contributed by atoms with E-state index in [1.54, 1.807) is 10.7 Å². The van der Waals surface area contributed by atoms with Crippen LogP contribution in [0.25, 0.3) is 5.78 Å². The van der Waals surface area contributed by atoms with Gasteiger partial charge in [0.25, 0.3) is 11.7 Å². The van der Waals surface area contributed by atoms with E-state index in [0.29, 0.717) is 30.5 Å². The van der Waals surface area contributed by atoms with Crippen molar-refractivity contribution < 1.29 is 14.3 Å². The highest BCUT2D eigenvalue weighted by Crippen LogP contribution is 2.34. The van der Waals surface area contributed by atoms with Crippen LogP contribution in [0.3, 0.4) is 0 Å². The van der Waals surface area contributed by atoms with Gasteiger partial charge in [-0.15, -0.1) is 5.10 Å². The lowest BCUT2D eigenvalue weighted by atomic mass is 9.93. The lowest BCUT2D eigenvalue weighted by Crippen LogP contribution is -2.41. The predicted octanol–water partition coefficient (Wildman–Crippen LogP) is 1.87. The van der Waals surface area contributed by atoms with E-state index < -0.39 is 5.54 Å². The number of hydrogen-bond donors (Lipinski definition) is 1. The molecule has 8 nitrogen and oxygen atoms in total. The molecule has 0 saturated carbocycles. The van der Waals surface area contributed by atoms with Crippen molar-refractivity contribution in [3.05, 3.63) is 47.5 Å². The number of ether oxygens (including phenoxy) is 2. The van der Waals surface area contributed by atoms with Gasteiger partial charge in [-0.25, -0.2) is 9.50 Å². The molecule has 3 aromatic rings. The first kappa shape index (κ1) is 16.3. The van der Waals surface area contributed by atoms with Gasteiger partial charge in [-0.3, -0.25) is 4.79 Å². The molecule has 1 N–H and O–H groups in total. The number of carbonyl (C=O) groups is 1. The Bertz CT molecular complexity index is 996. The minimum absolute atomic E-state index is 0.0809. The van der Waals surface area contributed by atoms with E-state index >= 15 is 0 Å². The normalized spacial score (nSPS) is 13.7. The van der Waals surface area contributed by atoms with Crippen LogP contribution in [0.15, 0.2) is 30.5 Å². The van der Waals surface area contributed by atoms with E-state index in [1.807, 2.05) is 45.0 Å². The minimum atomic E-state index is -0.646. The summed E-state index contributed by atoms with van der Waals surface area (Å²) >= 11 is 0. The maximum atomic E-state index is 12.7. The number of fused-ring (bicyclic) bond motifs is 2. The third-order valence-electron chi connectivity index (χ3n) is 4.32. The van der Waals surface area contributed by atoms with Crippen LogP contribution in [0.5, 0.6) is 11.5 Å². The number of carbonyl (C=O) groups excluding carboxylic acids is 1. The van der Waals surface area contributed by atoms with Gasteiger partial charge < -0.3 is 14.8 Å². The Morgan fingerprint density at radius 3 is 2.73 bits per heavy atom. The van der Waals surface area contributed by atoms with Crippen LogP contribution in [-0.4, -0.2) is 38.7 Å². The number of rotatable bonds is 3. The summed E-state index contributed by atoms with van der Waals surface area (Å²) in [5.74, 6) is 1.51. The highest BCUT2D eigenvalue weighted by molar-refractivity contribution is 5.91. The molecule has 1 amide bonds. The van der Waals surface area contributed by atoms with E-state index in [4.69, 9.17) is 9.47 Å². The monoisotopic (exact) mass is 353 g/mol. The van der Waals surface area contributed by atoms with Crippen LogP contribution in [0, 0.1) is 6.92 Å². The summed E-state index contributed by atoms with van der Waals surface area (Å²) in [7, 11) is 0. The average Bonchev–Trinajstić information content (AvgIpc) is 3.07. The number of benzene rings is 1. The van der Waals surface area contributed by atoms with Crippen LogP contribution < -0.4 is 14.8 Å². The van der Waals surface area contributed by atoms with Gasteiger partial charge in [-0.05, 0) is 44.5 Å². The summed E-state index contributed by atoms with van der Waals surface area (Å²) < 4.78 is 12.7. The van der Waals surface area contributed by atoms with Gasteiger partial charge in [0, 0.05) is 11.9 Å². The smallest absolute Gasteiger partial charge is 0.291 e. The lowest BCUT2D eigenvalue weighted by molar-refractivity contribution is 0.0901. The second kappa shape index (κ2) is 5.98. The fraction of sp³-hybridized carbons (Fsp3) is 0.333. The van der Waals surface area contributed by atoms with E-state index in [9.17, 15) is 4.79 Å². The van der Waals surface area contributed by atoms with Crippen LogP contribution in [0.4, 0.5) is 0 Å². The molecule has 8 heteroatoms. The Hall–Kier alpha value is -3.16. The van der Waals surface area contributed by atoms with E-state index in [0.717, 1.165) is 11.3 Å². The van der Waals surface area contributed by atoms with E-state index in [2.05, 4.69) is 20.4 Å². The van der Waals surface area contributed by atoms with Crippen LogP contribution in [0.1, 0.15) is 35.7 Å². The van der Waals surface area contributed by atoms with Crippen LogP contribution in [0.2, 0.25) is 0 Å². The number of aryl methyl sites for hydroxylation is 1. The molecule has 0 aliphatic carbocycles. The SMILES string of the molecule is Cc1ccnc2nc(C(=O)NC(C)(C)c3ccc4c(c3)OCCO4)nn12. The van der Waals surface area contributed by atoms with Gasteiger partial charge in [0.2, 0.25) is 5.82 Å². The summed E-state index contributed by atoms with van der Waals surface area (Å²) in [6, 6.07) is 7.46. The van der Waals surface area contributed by atoms with Crippen molar-refractivity contribution in [3.8, 4) is 11.5 Å². The Morgan fingerprint density at radius 2 is 1.96 bits per heavy atom. The van der Waals surface area contributed by atoms with Crippen molar-refractivity contribution in [2.24, 2.45) is 0 Å². The summed E-state index contributed by atoms with van der Waals surface area (Å²) in [6.45, 7) is 6.76. The molecule has 1 aliphatic heterocycles. The molecule has 0 saturated heterocycles. The molecular formula is C18H19N5O3. The molecule has 0 spiro atoms. The molecule has 0 bridgehead atoms. The number of amides is 1. The quantitative estimate of drug-likeness (QED) is 0.773. The van der Waals surface area contributed by atoms with Crippen molar-refractivity contribution in [1.29, 1.82) is 0 Å². The zero-order chi connectivity index (χ0) is 18.3. The number of aromatic nitrogens is 4. The molecule has 1 aliphatic rings. The van der Waals surface area contributed by atoms with Gasteiger partial charge in [-0.2, -0.15) is 4.98 Å². The number of hydrogen-bond acceptors (Lipinski definition) is 6. The van der Waals surface area contributed by atoms with Crippen molar-refractivity contribution in [3.63, 3.8) is 0 Å². The first-order valence-electron chi connectivity index (χ1n) is 8.35. The molecule has 0 atom stereocenters. The summed E-state index contributed by atoms with van der Waals surface area (Å²) in [4.78, 5) is 21.0. The summed E-state index contributed by atoms with van der Waals surface area (Å²) in [5.41, 5.74) is 1.10. The molecule has 26 heavy (non-hydrogen) atoms. The standard InChI is InChI=1S/C18H19N5O3/c1-11-6-7-19-17-20-15(22-23(11)17)16(24)21-18(2,3)12-4-5-13-14(10-12)26-9-8-25-13/h4-7,10H,8-9H2,1-3H3,(H,21,24). The Labute approximate surface area is 150 Å². The molecule has 0 unspecified atom stereocenters. The number of nitrogens with one attached hydrogen (secondary N) is 1. The van der Waals surface area contributed by atoms with E-state index in [1.165, 1.54) is 0 Å². The minimum Gasteiger partial charge on any atom is -0.486 e. The van der Waals surface area contributed by atoms with Crippen molar-refractivity contribution in [2.75, 3.05) is 13.2 Å². The lowest BCUT2D eigenvalue weighted by Gasteiger charge is -2.28. The van der Waals surface area contributed by atoms with Crippen molar-refractivity contribution in [2.45, 2.75) is 26.3 Å². The fourth-order valence-corrected chi connectivity index (χ4v) is 2.85. The van der Waals surface area contributed by atoms with Gasteiger partial charge in [0.1, 0.15) is 13.2 Å². The summed E-state index contributed by atoms with van der Waals surface area (Å²) in [5, 5.41) is 7.22. The highest BCUT2D eigenvalue weighted by Gasteiger charge is 2.27. The third-order valence-corrected chi connectivity index (χ3v) is 4.32. The largest absolute Gasteiger partial charge is 0.486 e. The first-order valence-corrected chi connectivity index (χ1v) is 8.35. The second-order valence-electron chi connectivity index (χ2n) is 6.67. The zero-order valence-corrected chi connectivity index (χ0v) is 14.8. The van der Waals surface area contributed by atoms with Crippen LogP contribution in [-0.2, 0) is 5.54 Å². The van der Waals surface area contributed by atoms with Crippen LogP contribution >= 0.6 is 0 Å². The van der Waals surface area contributed by atoms with Gasteiger partial charge in [0.05, 0.1) is 5.54 Å². The Balaban J connectivity index is 1.60. The number of nitrogens with zero attached hydrogens (tertiary/aromatic N) is 4. The average molecular weight is 353 g/mol. The third kappa shape index (κ3) is 2.83. The molecule has 4 rings (SSSR count). The fourth-order valence-electron chi connectivity index (χ4n) is 2.85. The molecule has 3 heterocycles. The maximum Gasteiger partial charge on any atom is 0.291 e. The van der Waals surface area contributed by atoms with Crippen molar-refractivity contribution in [1.82, 2.24) is 24.9 Å². The molecule has 1 aromatic carbocycles. The topological polar surface area (TPSA) is 90.6 Å². The molecule has 134 valence electrons. The van der Waals surface area contributed by atoms with Gasteiger partial charge >= 0.3 is 0 Å². The molecular weight excluding hydrogens is 334 g/mol. The van der Waals surface area contributed by atoms with E-state index in [-0.39, 0.29) is 11.7 Å². The molecule has 2 aromatic heterocycles. The molecule has 0 fully saturated rings. The predicted molar refractivity (Wildman–Crippen MR) is 93.4 cm³/mol. The highest BCUT2D eigenvalue weighted by atomic mass is 16.6. The first-order chi connectivity index (χ1) is 12.4. The Morgan fingerprint density at radius 1 is 1.19 bits per heavy atom. The Kier molecular flexibility index (Phi) is 3.75. The molecule has 0 radical (unpaired) electrons. The zero-order valence-electron chi connectivity index (χ0n) is 14.8. The van der Waals surface area contributed by atoms with Gasteiger partial charge in [-0.1, -0.05) is 6.07 Å². The summed E-state index contributed by atoms with van der Waals surface area (Å²) in [6.07, 6.45) is 1.64. The second-order valence-corrected chi connectivity index (χ2v) is 6.67. The van der Waals surface area contributed by atoms with Crippen molar-refractivity contribution >= 4 is 11.7 Å².